The molecule has 0 atom stereocenters. The van der Waals surface area contributed by atoms with E-state index >= 15 is 0 Å². The van der Waals surface area contributed by atoms with Crippen molar-refractivity contribution in [3.8, 4) is 17.1 Å². The van der Waals surface area contributed by atoms with Crippen LogP contribution in [0.4, 0.5) is 4.39 Å². The fourth-order valence-corrected chi connectivity index (χ4v) is 2.66. The van der Waals surface area contributed by atoms with Gasteiger partial charge in [-0.05, 0) is 30.3 Å². The lowest BCUT2D eigenvalue weighted by atomic mass is 10.1. The molecule has 4 aromatic rings. The zero-order valence-corrected chi connectivity index (χ0v) is 14.0. The van der Waals surface area contributed by atoms with Crippen molar-refractivity contribution >= 4 is 5.91 Å². The van der Waals surface area contributed by atoms with Crippen LogP contribution in [0.25, 0.3) is 17.1 Å². The summed E-state index contributed by atoms with van der Waals surface area (Å²) < 4.78 is 14.7. The normalized spacial score (nSPS) is 10.7. The summed E-state index contributed by atoms with van der Waals surface area (Å²) in [5, 5.41) is 13.6. The molecule has 0 aliphatic rings. The van der Waals surface area contributed by atoms with Crippen molar-refractivity contribution in [3.05, 3.63) is 78.4 Å². The number of rotatable bonds is 5. The molecule has 9 heteroatoms. The van der Waals surface area contributed by atoms with E-state index in [1.165, 1.54) is 35.7 Å². The molecule has 8 nitrogen and oxygen atoms in total. The van der Waals surface area contributed by atoms with Gasteiger partial charge in [0.25, 0.3) is 5.91 Å². The Bertz CT molecular complexity index is 1060. The lowest BCUT2D eigenvalue weighted by Gasteiger charge is -2.09. The molecule has 3 heterocycles. The van der Waals surface area contributed by atoms with E-state index in [4.69, 9.17) is 0 Å². The van der Waals surface area contributed by atoms with Crippen molar-refractivity contribution in [2.24, 2.45) is 0 Å². The first-order valence-electron chi connectivity index (χ1n) is 8.09. The molecular weight excluding hydrogens is 349 g/mol. The van der Waals surface area contributed by atoms with Gasteiger partial charge in [0.2, 0.25) is 0 Å². The highest BCUT2D eigenvalue weighted by Crippen LogP contribution is 2.21. The summed E-state index contributed by atoms with van der Waals surface area (Å²) in [5.41, 5.74) is 2.34. The average Bonchev–Trinajstić information content (AvgIpc) is 3.39. The zero-order chi connectivity index (χ0) is 18.6. The van der Waals surface area contributed by atoms with Gasteiger partial charge < -0.3 is 5.32 Å². The molecular formula is C18H14FN7O. The Kier molecular flexibility index (Phi) is 4.40. The smallest absolute Gasteiger partial charge is 0.255 e. The van der Waals surface area contributed by atoms with E-state index < -0.39 is 0 Å². The number of hydrogen-bond donors (Lipinski definition) is 2. The van der Waals surface area contributed by atoms with Crippen LogP contribution in [0.5, 0.6) is 0 Å². The third-order valence-electron chi connectivity index (χ3n) is 3.96. The Morgan fingerprint density at radius 3 is 2.85 bits per heavy atom. The summed E-state index contributed by atoms with van der Waals surface area (Å²) in [5.74, 6) is -0.0702. The van der Waals surface area contributed by atoms with Crippen LogP contribution in [-0.2, 0) is 6.54 Å². The molecule has 0 aliphatic carbocycles. The number of halogens is 1. The van der Waals surface area contributed by atoms with E-state index in [1.807, 2.05) is 6.07 Å². The van der Waals surface area contributed by atoms with Gasteiger partial charge in [-0.25, -0.2) is 19.0 Å². The number of pyridine rings is 1. The Morgan fingerprint density at radius 2 is 2.07 bits per heavy atom. The van der Waals surface area contributed by atoms with Gasteiger partial charge in [0.05, 0.1) is 17.5 Å². The predicted molar refractivity (Wildman–Crippen MR) is 94.3 cm³/mol. The Hall–Kier alpha value is -3.88. The SMILES string of the molecule is O=C(NCc1cccnc1-n1cncn1)c1cn[nH]c1-c1ccc(F)cc1. The molecule has 0 saturated carbocycles. The molecule has 27 heavy (non-hydrogen) atoms. The minimum absolute atomic E-state index is 0.246. The highest BCUT2D eigenvalue weighted by Gasteiger charge is 2.16. The number of amides is 1. The number of hydrogen-bond acceptors (Lipinski definition) is 5. The molecule has 0 spiro atoms. The fraction of sp³-hybridized carbons (Fsp3) is 0.0556. The maximum Gasteiger partial charge on any atom is 0.255 e. The van der Waals surface area contributed by atoms with Gasteiger partial charge in [-0.2, -0.15) is 10.2 Å². The maximum atomic E-state index is 13.1. The van der Waals surface area contributed by atoms with E-state index in [2.05, 4.69) is 30.6 Å². The van der Waals surface area contributed by atoms with Crippen LogP contribution in [0.15, 0.2) is 61.4 Å². The van der Waals surface area contributed by atoms with E-state index in [9.17, 15) is 9.18 Å². The lowest BCUT2D eigenvalue weighted by Crippen LogP contribution is -2.24. The number of nitrogens with one attached hydrogen (secondary N) is 2. The van der Waals surface area contributed by atoms with Crippen molar-refractivity contribution in [1.29, 1.82) is 0 Å². The number of carbonyl (C=O) groups excluding carboxylic acids is 1. The van der Waals surface area contributed by atoms with Gasteiger partial charge in [-0.15, -0.1) is 0 Å². The number of nitrogens with zero attached hydrogens (tertiary/aromatic N) is 5. The molecule has 0 radical (unpaired) electrons. The van der Waals surface area contributed by atoms with Gasteiger partial charge >= 0.3 is 0 Å². The van der Waals surface area contributed by atoms with Crippen LogP contribution >= 0.6 is 0 Å². The summed E-state index contributed by atoms with van der Waals surface area (Å²) in [6.07, 6.45) is 6.04. The van der Waals surface area contributed by atoms with Crippen LogP contribution in [-0.4, -0.2) is 35.9 Å². The molecule has 1 amide bonds. The van der Waals surface area contributed by atoms with Gasteiger partial charge in [-0.1, -0.05) is 6.07 Å². The number of carbonyl (C=O) groups is 1. The molecule has 0 aliphatic heterocycles. The van der Waals surface area contributed by atoms with Crippen molar-refractivity contribution in [3.63, 3.8) is 0 Å². The van der Waals surface area contributed by atoms with Crippen molar-refractivity contribution in [1.82, 2.24) is 35.3 Å². The molecule has 0 saturated heterocycles. The Balaban J connectivity index is 1.54. The third-order valence-corrected chi connectivity index (χ3v) is 3.96. The van der Waals surface area contributed by atoms with E-state index in [-0.39, 0.29) is 18.3 Å². The standard InChI is InChI=1S/C18H14FN7O/c19-14-5-3-12(4-6-14)16-15(9-23-25-16)18(27)22-8-13-2-1-7-21-17(13)26-11-20-10-24-26/h1-7,9-11H,8H2,(H,22,27)(H,23,25). The third kappa shape index (κ3) is 3.43. The first-order chi connectivity index (χ1) is 13.2. The van der Waals surface area contributed by atoms with E-state index in [0.717, 1.165) is 5.56 Å². The second-order valence-electron chi connectivity index (χ2n) is 5.67. The van der Waals surface area contributed by atoms with Gasteiger partial charge in [0, 0.05) is 23.9 Å². The minimum Gasteiger partial charge on any atom is -0.348 e. The van der Waals surface area contributed by atoms with E-state index in [0.29, 0.717) is 22.6 Å². The van der Waals surface area contributed by atoms with Crippen molar-refractivity contribution < 1.29 is 9.18 Å². The molecule has 0 unspecified atom stereocenters. The van der Waals surface area contributed by atoms with Gasteiger partial charge in [0.1, 0.15) is 18.5 Å². The number of aromatic nitrogens is 6. The molecule has 2 N–H and O–H groups in total. The average molecular weight is 363 g/mol. The maximum absolute atomic E-state index is 13.1. The van der Waals surface area contributed by atoms with Crippen molar-refractivity contribution in [2.45, 2.75) is 6.54 Å². The summed E-state index contributed by atoms with van der Waals surface area (Å²) >= 11 is 0. The summed E-state index contributed by atoms with van der Waals surface area (Å²) in [4.78, 5) is 20.8. The number of H-pyrrole nitrogens is 1. The van der Waals surface area contributed by atoms with Crippen molar-refractivity contribution in [2.75, 3.05) is 0 Å². The lowest BCUT2D eigenvalue weighted by molar-refractivity contribution is 0.0951. The molecule has 4 rings (SSSR count). The summed E-state index contributed by atoms with van der Waals surface area (Å²) in [6.45, 7) is 0.246. The Morgan fingerprint density at radius 1 is 1.22 bits per heavy atom. The molecule has 134 valence electrons. The second-order valence-corrected chi connectivity index (χ2v) is 5.67. The predicted octanol–water partition coefficient (Wildman–Crippen LogP) is 2.12. The van der Waals surface area contributed by atoms with Gasteiger partial charge in [-0.3, -0.25) is 9.89 Å². The molecule has 0 bridgehead atoms. The quantitative estimate of drug-likeness (QED) is 0.566. The largest absolute Gasteiger partial charge is 0.348 e. The Labute approximate surface area is 153 Å². The van der Waals surface area contributed by atoms with Gasteiger partial charge in [0.15, 0.2) is 5.82 Å². The van der Waals surface area contributed by atoms with Crippen LogP contribution in [0, 0.1) is 5.82 Å². The molecule has 1 aromatic carbocycles. The van der Waals surface area contributed by atoms with Crippen LogP contribution in [0.3, 0.4) is 0 Å². The highest BCUT2D eigenvalue weighted by molar-refractivity contribution is 5.99. The monoisotopic (exact) mass is 363 g/mol. The van der Waals surface area contributed by atoms with Crippen LogP contribution in [0.2, 0.25) is 0 Å². The topological polar surface area (TPSA) is 101 Å². The molecule has 3 aromatic heterocycles. The van der Waals surface area contributed by atoms with Crippen LogP contribution in [0.1, 0.15) is 15.9 Å². The first kappa shape index (κ1) is 16.6. The zero-order valence-electron chi connectivity index (χ0n) is 14.0. The summed E-state index contributed by atoms with van der Waals surface area (Å²) in [6, 6.07) is 9.47. The second kappa shape index (κ2) is 7.16. The minimum atomic E-state index is -0.346. The summed E-state index contributed by atoms with van der Waals surface area (Å²) in [7, 11) is 0. The fourth-order valence-electron chi connectivity index (χ4n) is 2.66. The molecule has 0 fully saturated rings. The van der Waals surface area contributed by atoms with Crippen LogP contribution < -0.4 is 5.32 Å². The number of benzene rings is 1. The number of aromatic amines is 1. The highest BCUT2D eigenvalue weighted by atomic mass is 19.1. The van der Waals surface area contributed by atoms with E-state index in [1.54, 1.807) is 24.4 Å². The first-order valence-corrected chi connectivity index (χ1v) is 8.09.